The minimum Gasteiger partial charge on any atom is -0.494 e. The summed E-state index contributed by atoms with van der Waals surface area (Å²) in [5, 5.41) is 2.93. The molecule has 27 heavy (non-hydrogen) atoms. The quantitative estimate of drug-likeness (QED) is 0.758. The van der Waals surface area contributed by atoms with Crippen LogP contribution in [0.2, 0.25) is 5.02 Å². The second-order valence-electron chi connectivity index (χ2n) is 6.13. The number of halogens is 1. The van der Waals surface area contributed by atoms with E-state index in [2.05, 4.69) is 5.32 Å². The van der Waals surface area contributed by atoms with Gasteiger partial charge in [-0.25, -0.2) is 12.7 Å². The van der Waals surface area contributed by atoms with Gasteiger partial charge in [0.25, 0.3) is 5.91 Å². The third kappa shape index (κ3) is 5.00. The molecule has 1 amide bonds. The molecule has 0 radical (unpaired) electrons. The van der Waals surface area contributed by atoms with Crippen molar-refractivity contribution in [2.24, 2.45) is 0 Å². The first kappa shape index (κ1) is 21.2. The summed E-state index contributed by atoms with van der Waals surface area (Å²) in [4.78, 5) is 12.5. The van der Waals surface area contributed by atoms with Crippen molar-refractivity contribution in [1.82, 2.24) is 9.62 Å². The number of nitrogens with zero attached hydrogens (tertiary/aromatic N) is 1. The van der Waals surface area contributed by atoms with Gasteiger partial charge < -0.3 is 10.1 Å². The van der Waals surface area contributed by atoms with Crippen molar-refractivity contribution in [3.8, 4) is 5.75 Å². The molecule has 0 spiro atoms. The van der Waals surface area contributed by atoms with Crippen LogP contribution in [0.4, 0.5) is 0 Å². The molecular weight excluding hydrogens is 388 g/mol. The van der Waals surface area contributed by atoms with Gasteiger partial charge in [-0.05, 0) is 49.7 Å². The maximum Gasteiger partial charge on any atom is 0.251 e. The van der Waals surface area contributed by atoms with E-state index in [1.807, 2.05) is 38.1 Å². The molecule has 1 N–H and O–H groups in total. The predicted molar refractivity (Wildman–Crippen MR) is 106 cm³/mol. The Morgan fingerprint density at radius 1 is 1.19 bits per heavy atom. The average Bonchev–Trinajstić information content (AvgIpc) is 2.62. The Hall–Kier alpha value is -2.09. The molecule has 0 bridgehead atoms. The largest absolute Gasteiger partial charge is 0.494 e. The Bertz CT molecular complexity index is 912. The molecule has 0 saturated heterocycles. The Labute approximate surface area is 165 Å². The van der Waals surface area contributed by atoms with Crippen molar-refractivity contribution >= 4 is 27.5 Å². The van der Waals surface area contributed by atoms with E-state index in [9.17, 15) is 13.2 Å². The van der Waals surface area contributed by atoms with Crippen LogP contribution in [0.25, 0.3) is 0 Å². The number of hydrogen-bond acceptors (Lipinski definition) is 4. The van der Waals surface area contributed by atoms with E-state index in [-0.39, 0.29) is 27.4 Å². The fourth-order valence-corrected chi connectivity index (χ4v) is 3.82. The zero-order valence-corrected chi connectivity index (χ0v) is 17.3. The summed E-state index contributed by atoms with van der Waals surface area (Å²) in [6.45, 7) is 4.34. The van der Waals surface area contributed by atoms with Crippen molar-refractivity contribution in [2.75, 3.05) is 20.7 Å². The van der Waals surface area contributed by atoms with E-state index < -0.39 is 10.0 Å². The molecule has 1 atom stereocenters. The van der Waals surface area contributed by atoms with Crippen LogP contribution < -0.4 is 10.1 Å². The number of carbonyl (C=O) groups is 1. The number of rotatable bonds is 7. The van der Waals surface area contributed by atoms with E-state index in [1.165, 1.54) is 32.3 Å². The number of carbonyl (C=O) groups excluding carboxylic acids is 1. The lowest BCUT2D eigenvalue weighted by atomic mass is 10.1. The van der Waals surface area contributed by atoms with E-state index in [1.54, 1.807) is 0 Å². The summed E-state index contributed by atoms with van der Waals surface area (Å²) in [7, 11) is -0.929. The highest BCUT2D eigenvalue weighted by atomic mass is 35.5. The Morgan fingerprint density at radius 2 is 1.81 bits per heavy atom. The topological polar surface area (TPSA) is 75.7 Å². The maximum absolute atomic E-state index is 12.6. The van der Waals surface area contributed by atoms with Crippen LogP contribution in [0.1, 0.15) is 35.8 Å². The molecule has 0 aliphatic carbocycles. The molecule has 6 nitrogen and oxygen atoms in total. The first-order chi connectivity index (χ1) is 12.7. The van der Waals surface area contributed by atoms with Crippen molar-refractivity contribution in [3.63, 3.8) is 0 Å². The molecule has 2 aromatic carbocycles. The minimum absolute atomic E-state index is 0.0693. The number of ether oxygens (including phenoxy) is 1. The van der Waals surface area contributed by atoms with E-state index in [0.717, 1.165) is 15.6 Å². The monoisotopic (exact) mass is 410 g/mol. The van der Waals surface area contributed by atoms with Crippen molar-refractivity contribution in [3.05, 3.63) is 58.6 Å². The summed E-state index contributed by atoms with van der Waals surface area (Å²) in [6.07, 6.45) is 0. The summed E-state index contributed by atoms with van der Waals surface area (Å²) in [6, 6.07) is 11.4. The highest BCUT2D eigenvalue weighted by Crippen LogP contribution is 2.25. The number of hydrogen-bond donors (Lipinski definition) is 1. The summed E-state index contributed by atoms with van der Waals surface area (Å²) in [5.41, 5.74) is 1.12. The van der Waals surface area contributed by atoms with Gasteiger partial charge in [-0.1, -0.05) is 23.7 Å². The van der Waals surface area contributed by atoms with Gasteiger partial charge in [-0.15, -0.1) is 0 Å². The van der Waals surface area contributed by atoms with Gasteiger partial charge in [0.05, 0.1) is 17.7 Å². The fraction of sp³-hybridized carbons (Fsp3) is 0.316. The molecule has 1 unspecified atom stereocenters. The molecule has 0 aliphatic rings. The fourth-order valence-electron chi connectivity index (χ4n) is 2.42. The van der Waals surface area contributed by atoms with Gasteiger partial charge in [0.2, 0.25) is 10.0 Å². The molecule has 0 aromatic heterocycles. The van der Waals surface area contributed by atoms with Crippen LogP contribution in [0.15, 0.2) is 47.4 Å². The van der Waals surface area contributed by atoms with Crippen molar-refractivity contribution in [1.29, 1.82) is 0 Å². The summed E-state index contributed by atoms with van der Waals surface area (Å²) in [5.74, 6) is 0.374. The zero-order valence-electron chi connectivity index (χ0n) is 15.7. The summed E-state index contributed by atoms with van der Waals surface area (Å²) < 4.78 is 31.2. The minimum atomic E-state index is -3.75. The molecule has 8 heteroatoms. The molecule has 146 valence electrons. The van der Waals surface area contributed by atoms with Crippen LogP contribution in [0.5, 0.6) is 5.75 Å². The molecular formula is C19H23ClN2O4S. The lowest BCUT2D eigenvalue weighted by molar-refractivity contribution is 0.0939. The van der Waals surface area contributed by atoms with Crippen LogP contribution in [0, 0.1) is 0 Å². The lowest BCUT2D eigenvalue weighted by Crippen LogP contribution is -2.27. The summed E-state index contributed by atoms with van der Waals surface area (Å²) >= 11 is 6.02. The average molecular weight is 411 g/mol. The number of amides is 1. The number of nitrogens with one attached hydrogen (secondary N) is 1. The normalized spacial score (nSPS) is 12.7. The van der Waals surface area contributed by atoms with Gasteiger partial charge in [0, 0.05) is 19.7 Å². The standard InChI is InChI=1S/C19H23ClN2O4S/c1-5-26-16-9-6-14(7-10-16)13(2)21-19(23)15-8-11-17(20)18(12-15)27(24,25)22(3)4/h6-13H,5H2,1-4H3,(H,21,23). The smallest absolute Gasteiger partial charge is 0.251 e. The lowest BCUT2D eigenvalue weighted by Gasteiger charge is -2.17. The van der Waals surface area contributed by atoms with Gasteiger partial charge in [-0.3, -0.25) is 4.79 Å². The van der Waals surface area contributed by atoms with Crippen LogP contribution in [-0.4, -0.2) is 39.3 Å². The number of sulfonamides is 1. The second kappa shape index (κ2) is 8.73. The van der Waals surface area contributed by atoms with Gasteiger partial charge in [0.1, 0.15) is 10.6 Å². The molecule has 0 fully saturated rings. The third-order valence-corrected chi connectivity index (χ3v) is 6.29. The third-order valence-electron chi connectivity index (χ3n) is 3.99. The van der Waals surface area contributed by atoms with Gasteiger partial charge in [-0.2, -0.15) is 0 Å². The first-order valence-electron chi connectivity index (χ1n) is 8.42. The SMILES string of the molecule is CCOc1ccc(C(C)NC(=O)c2ccc(Cl)c(S(=O)(=O)N(C)C)c2)cc1. The zero-order chi connectivity index (χ0) is 20.2. The van der Waals surface area contributed by atoms with Crippen LogP contribution >= 0.6 is 11.6 Å². The van der Waals surface area contributed by atoms with E-state index in [4.69, 9.17) is 16.3 Å². The Morgan fingerprint density at radius 3 is 2.37 bits per heavy atom. The number of benzene rings is 2. The highest BCUT2D eigenvalue weighted by Gasteiger charge is 2.23. The Balaban J connectivity index is 2.20. The molecule has 0 heterocycles. The van der Waals surface area contributed by atoms with Gasteiger partial charge in [0.15, 0.2) is 0 Å². The molecule has 0 aliphatic heterocycles. The first-order valence-corrected chi connectivity index (χ1v) is 10.2. The molecule has 2 aromatic rings. The highest BCUT2D eigenvalue weighted by molar-refractivity contribution is 7.89. The van der Waals surface area contributed by atoms with E-state index in [0.29, 0.717) is 6.61 Å². The van der Waals surface area contributed by atoms with Crippen LogP contribution in [0.3, 0.4) is 0 Å². The predicted octanol–water partition coefficient (Wildman–Crippen LogP) is 3.48. The second-order valence-corrected chi connectivity index (χ2v) is 8.66. The van der Waals surface area contributed by atoms with E-state index >= 15 is 0 Å². The molecule has 0 saturated carbocycles. The van der Waals surface area contributed by atoms with Crippen molar-refractivity contribution in [2.45, 2.75) is 24.8 Å². The van der Waals surface area contributed by atoms with Crippen molar-refractivity contribution < 1.29 is 17.9 Å². The van der Waals surface area contributed by atoms with Crippen LogP contribution in [-0.2, 0) is 10.0 Å². The Kier molecular flexibility index (Phi) is 6.86. The molecule has 2 rings (SSSR count). The maximum atomic E-state index is 12.6. The van der Waals surface area contributed by atoms with Gasteiger partial charge >= 0.3 is 0 Å².